The Balaban J connectivity index is 2.19. The fourth-order valence-electron chi connectivity index (χ4n) is 2.43. The van der Waals surface area contributed by atoms with E-state index in [4.69, 9.17) is 5.11 Å². The molecule has 1 amide bonds. The standard InChI is InChI=1S/C14H19N3O3/c1-9-7-17(8-10(2)16(9)3)13(18)11-4-5-15-12(6-11)14(19)20/h4-6,9-10H,7-8H2,1-3H3,(H,19,20). The molecule has 1 saturated heterocycles. The van der Waals surface area contributed by atoms with Crippen molar-refractivity contribution in [2.75, 3.05) is 20.1 Å². The Kier molecular flexibility index (Phi) is 4.04. The van der Waals surface area contributed by atoms with Crippen LogP contribution in [0.5, 0.6) is 0 Å². The van der Waals surface area contributed by atoms with Gasteiger partial charge in [-0.05, 0) is 33.0 Å². The second-order valence-electron chi connectivity index (χ2n) is 5.31. The van der Waals surface area contributed by atoms with Gasteiger partial charge in [0.15, 0.2) is 0 Å². The summed E-state index contributed by atoms with van der Waals surface area (Å²) in [5, 5.41) is 8.93. The van der Waals surface area contributed by atoms with Gasteiger partial charge in [0.2, 0.25) is 0 Å². The van der Waals surface area contributed by atoms with Gasteiger partial charge >= 0.3 is 5.97 Å². The van der Waals surface area contributed by atoms with Crippen LogP contribution >= 0.6 is 0 Å². The maximum absolute atomic E-state index is 12.5. The summed E-state index contributed by atoms with van der Waals surface area (Å²) in [6.45, 7) is 5.44. The van der Waals surface area contributed by atoms with Crippen LogP contribution in [0.2, 0.25) is 0 Å². The third-order valence-corrected chi connectivity index (χ3v) is 3.87. The van der Waals surface area contributed by atoms with Crippen LogP contribution < -0.4 is 0 Å². The van der Waals surface area contributed by atoms with Gasteiger partial charge in [-0.1, -0.05) is 0 Å². The molecule has 20 heavy (non-hydrogen) atoms. The van der Waals surface area contributed by atoms with Gasteiger partial charge in [0.1, 0.15) is 5.69 Å². The number of pyridine rings is 1. The Morgan fingerprint density at radius 3 is 2.45 bits per heavy atom. The minimum Gasteiger partial charge on any atom is -0.477 e. The molecule has 1 aromatic heterocycles. The number of rotatable bonds is 2. The van der Waals surface area contributed by atoms with Crippen molar-refractivity contribution in [2.24, 2.45) is 0 Å². The number of aromatic nitrogens is 1. The predicted octanol–water partition coefficient (Wildman–Crippen LogP) is 0.944. The topological polar surface area (TPSA) is 73.7 Å². The molecule has 2 rings (SSSR count). The van der Waals surface area contributed by atoms with Crippen LogP contribution in [0.15, 0.2) is 18.3 Å². The van der Waals surface area contributed by atoms with Gasteiger partial charge < -0.3 is 10.0 Å². The molecular formula is C14H19N3O3. The first kappa shape index (κ1) is 14.5. The third-order valence-electron chi connectivity index (χ3n) is 3.87. The van der Waals surface area contributed by atoms with E-state index in [0.717, 1.165) is 0 Å². The lowest BCUT2D eigenvalue weighted by Crippen LogP contribution is -2.56. The summed E-state index contributed by atoms with van der Waals surface area (Å²) in [7, 11) is 2.05. The normalized spacial score (nSPS) is 23.6. The molecule has 2 heterocycles. The second kappa shape index (κ2) is 5.58. The lowest BCUT2D eigenvalue weighted by Gasteiger charge is -2.42. The van der Waals surface area contributed by atoms with Crippen LogP contribution in [0, 0.1) is 0 Å². The van der Waals surface area contributed by atoms with Crippen LogP contribution in [0.3, 0.4) is 0 Å². The monoisotopic (exact) mass is 277 g/mol. The first-order valence-corrected chi connectivity index (χ1v) is 6.60. The molecule has 1 aliphatic heterocycles. The fourth-order valence-corrected chi connectivity index (χ4v) is 2.43. The molecule has 6 heteroatoms. The molecule has 108 valence electrons. The number of amides is 1. The number of hydrogen-bond acceptors (Lipinski definition) is 4. The number of piperazine rings is 1. The average molecular weight is 277 g/mol. The minimum atomic E-state index is -1.13. The van der Waals surface area contributed by atoms with E-state index >= 15 is 0 Å². The number of carbonyl (C=O) groups excluding carboxylic acids is 1. The molecule has 6 nitrogen and oxygen atoms in total. The molecule has 1 aromatic rings. The van der Waals surface area contributed by atoms with Crippen LogP contribution in [0.1, 0.15) is 34.7 Å². The molecule has 2 unspecified atom stereocenters. The molecule has 1 N–H and O–H groups in total. The van der Waals surface area contributed by atoms with Crippen LogP contribution in [0.4, 0.5) is 0 Å². The maximum atomic E-state index is 12.5. The highest BCUT2D eigenvalue weighted by atomic mass is 16.4. The molecule has 0 radical (unpaired) electrons. The Labute approximate surface area is 118 Å². The van der Waals surface area contributed by atoms with Crippen molar-refractivity contribution in [3.8, 4) is 0 Å². The van der Waals surface area contributed by atoms with E-state index in [0.29, 0.717) is 18.7 Å². The number of nitrogens with zero attached hydrogens (tertiary/aromatic N) is 3. The minimum absolute atomic E-state index is 0.105. The largest absolute Gasteiger partial charge is 0.477 e. The molecule has 2 atom stereocenters. The third kappa shape index (κ3) is 2.80. The smallest absolute Gasteiger partial charge is 0.354 e. The number of likely N-dealkylation sites (N-methyl/N-ethyl adjacent to an activating group) is 1. The second-order valence-corrected chi connectivity index (χ2v) is 5.31. The summed E-state index contributed by atoms with van der Waals surface area (Å²) in [6, 6.07) is 3.45. The van der Waals surface area contributed by atoms with Crippen LogP contribution in [-0.2, 0) is 0 Å². The van der Waals surface area contributed by atoms with Gasteiger partial charge in [-0.15, -0.1) is 0 Å². The van der Waals surface area contributed by atoms with E-state index in [1.54, 1.807) is 11.0 Å². The highest BCUT2D eigenvalue weighted by Gasteiger charge is 2.30. The quantitative estimate of drug-likeness (QED) is 0.871. The molecule has 1 fully saturated rings. The van der Waals surface area contributed by atoms with Crippen molar-refractivity contribution in [3.63, 3.8) is 0 Å². The summed E-state index contributed by atoms with van der Waals surface area (Å²) in [4.78, 5) is 31.1. The zero-order chi connectivity index (χ0) is 14.9. The molecular weight excluding hydrogens is 258 g/mol. The number of carboxylic acid groups (broad SMARTS) is 1. The Morgan fingerprint density at radius 1 is 1.30 bits per heavy atom. The van der Waals surface area contributed by atoms with E-state index in [1.807, 2.05) is 7.05 Å². The van der Waals surface area contributed by atoms with Crippen molar-refractivity contribution < 1.29 is 14.7 Å². The molecule has 0 aliphatic carbocycles. The summed E-state index contributed by atoms with van der Waals surface area (Å²) in [5.41, 5.74) is 0.271. The maximum Gasteiger partial charge on any atom is 0.354 e. The molecule has 0 saturated carbocycles. The highest BCUT2D eigenvalue weighted by molar-refractivity contribution is 5.96. The van der Waals surface area contributed by atoms with Crippen molar-refractivity contribution >= 4 is 11.9 Å². The number of aromatic carboxylic acids is 1. The summed E-state index contributed by atoms with van der Waals surface area (Å²) >= 11 is 0. The Morgan fingerprint density at radius 2 is 1.90 bits per heavy atom. The highest BCUT2D eigenvalue weighted by Crippen LogP contribution is 2.16. The molecule has 0 aromatic carbocycles. The van der Waals surface area contributed by atoms with Gasteiger partial charge in [0.25, 0.3) is 5.91 Å². The number of carbonyl (C=O) groups is 2. The van der Waals surface area contributed by atoms with E-state index in [2.05, 4.69) is 23.7 Å². The lowest BCUT2D eigenvalue weighted by atomic mass is 10.1. The van der Waals surface area contributed by atoms with Crippen molar-refractivity contribution in [1.82, 2.24) is 14.8 Å². The van der Waals surface area contributed by atoms with Crippen molar-refractivity contribution in [2.45, 2.75) is 25.9 Å². The van der Waals surface area contributed by atoms with Gasteiger partial charge in [0, 0.05) is 36.9 Å². The van der Waals surface area contributed by atoms with Crippen molar-refractivity contribution in [3.05, 3.63) is 29.6 Å². The Hall–Kier alpha value is -1.95. The van der Waals surface area contributed by atoms with E-state index in [-0.39, 0.29) is 23.7 Å². The van der Waals surface area contributed by atoms with E-state index in [9.17, 15) is 9.59 Å². The van der Waals surface area contributed by atoms with Gasteiger partial charge in [-0.25, -0.2) is 9.78 Å². The summed E-state index contributed by atoms with van der Waals surface area (Å²) < 4.78 is 0. The van der Waals surface area contributed by atoms with Gasteiger partial charge in [-0.2, -0.15) is 0 Å². The fraction of sp³-hybridized carbons (Fsp3) is 0.500. The van der Waals surface area contributed by atoms with Gasteiger partial charge in [-0.3, -0.25) is 9.69 Å². The predicted molar refractivity (Wildman–Crippen MR) is 73.8 cm³/mol. The van der Waals surface area contributed by atoms with Crippen molar-refractivity contribution in [1.29, 1.82) is 0 Å². The molecule has 0 spiro atoms. The summed E-state index contributed by atoms with van der Waals surface area (Å²) in [6.07, 6.45) is 1.36. The van der Waals surface area contributed by atoms with Crippen LogP contribution in [-0.4, -0.2) is 64.0 Å². The SMILES string of the molecule is CC1CN(C(=O)c2ccnc(C(=O)O)c2)CC(C)N1C. The number of carboxylic acids is 1. The molecule has 1 aliphatic rings. The zero-order valence-corrected chi connectivity index (χ0v) is 11.9. The van der Waals surface area contributed by atoms with E-state index in [1.165, 1.54) is 12.3 Å². The molecule has 0 bridgehead atoms. The lowest BCUT2D eigenvalue weighted by molar-refractivity contribution is 0.0414. The average Bonchev–Trinajstić information content (AvgIpc) is 2.43. The summed E-state index contributed by atoms with van der Waals surface area (Å²) in [5.74, 6) is -1.26. The Bertz CT molecular complexity index is 520. The zero-order valence-electron chi connectivity index (χ0n) is 11.9. The number of hydrogen-bond donors (Lipinski definition) is 1. The van der Waals surface area contributed by atoms with Crippen LogP contribution in [0.25, 0.3) is 0 Å². The first-order chi connectivity index (χ1) is 9.40. The van der Waals surface area contributed by atoms with E-state index < -0.39 is 5.97 Å². The first-order valence-electron chi connectivity index (χ1n) is 6.60. The van der Waals surface area contributed by atoms with Gasteiger partial charge in [0.05, 0.1) is 0 Å².